The first-order chi connectivity index (χ1) is 17.8. The van der Waals surface area contributed by atoms with E-state index in [4.69, 9.17) is 40.5 Å². The van der Waals surface area contributed by atoms with Crippen LogP contribution in [0.3, 0.4) is 0 Å². The van der Waals surface area contributed by atoms with E-state index in [1.165, 1.54) is 30.3 Å². The van der Waals surface area contributed by atoms with Gasteiger partial charge in [-0.2, -0.15) is 13.2 Å². The van der Waals surface area contributed by atoms with Gasteiger partial charge >= 0.3 is 17.9 Å². The third-order valence-corrected chi connectivity index (χ3v) is 6.31. The zero-order chi connectivity index (χ0) is 28.2. The highest BCUT2D eigenvalue weighted by atomic mass is 35.5. The van der Waals surface area contributed by atoms with Crippen molar-refractivity contribution >= 4 is 46.7 Å². The molecular formula is C22H20Cl3F3N6O4. The van der Waals surface area contributed by atoms with Gasteiger partial charge in [-0.15, -0.1) is 5.10 Å². The average Bonchev–Trinajstić information content (AvgIpc) is 3.13. The first-order valence-electron chi connectivity index (χ1n) is 10.7. The molecule has 1 heterocycles. The standard InChI is InChI=1S/C22H20Cl3F3N6O4/c23-12-6-4-11(5-7-12)19-32-34(21(38)33(19)9-16(35)22(26,27)28)10-17(36)31-15(8-30-20(29)37)13-2-1-3-14(24)18(13)25/h1-7,15-16,35H,8-10H2,(H,31,36)(H3,29,30,37)/t15?,16-/m0/s1. The molecule has 3 rings (SSSR count). The fourth-order valence-corrected chi connectivity index (χ4v) is 3.97. The summed E-state index contributed by atoms with van der Waals surface area (Å²) in [6.45, 7) is -2.08. The molecule has 10 nitrogen and oxygen atoms in total. The number of nitrogens with zero attached hydrogens (tertiary/aromatic N) is 3. The van der Waals surface area contributed by atoms with Gasteiger partial charge in [-0.05, 0) is 35.9 Å². The van der Waals surface area contributed by atoms with Crippen LogP contribution in [0.15, 0.2) is 47.3 Å². The summed E-state index contributed by atoms with van der Waals surface area (Å²) in [6.07, 6.45) is -7.88. The van der Waals surface area contributed by atoms with E-state index < -0.39 is 49.0 Å². The molecule has 3 aromatic rings. The molecule has 0 aliphatic carbocycles. The number of carbonyl (C=O) groups excluding carboxylic acids is 2. The molecule has 1 unspecified atom stereocenters. The topological polar surface area (TPSA) is 144 Å². The van der Waals surface area contributed by atoms with Crippen molar-refractivity contribution < 1.29 is 27.9 Å². The number of nitrogens with two attached hydrogens (primary N) is 1. The fourth-order valence-electron chi connectivity index (χ4n) is 3.40. The third kappa shape index (κ3) is 7.19. The molecule has 3 amide bonds. The van der Waals surface area contributed by atoms with Crippen molar-refractivity contribution in [1.29, 1.82) is 0 Å². The molecule has 38 heavy (non-hydrogen) atoms. The van der Waals surface area contributed by atoms with E-state index in [0.717, 1.165) is 0 Å². The van der Waals surface area contributed by atoms with Crippen LogP contribution in [0.1, 0.15) is 11.6 Å². The predicted octanol–water partition coefficient (Wildman–Crippen LogP) is 3.12. The molecule has 0 radical (unpaired) electrons. The molecule has 5 N–H and O–H groups in total. The second-order valence-electron chi connectivity index (χ2n) is 7.95. The Morgan fingerprint density at radius 3 is 2.37 bits per heavy atom. The summed E-state index contributed by atoms with van der Waals surface area (Å²) >= 11 is 18.1. The monoisotopic (exact) mass is 594 g/mol. The van der Waals surface area contributed by atoms with E-state index in [2.05, 4.69) is 15.7 Å². The largest absolute Gasteiger partial charge is 0.416 e. The van der Waals surface area contributed by atoms with E-state index in [1.807, 2.05) is 0 Å². The highest BCUT2D eigenvalue weighted by molar-refractivity contribution is 6.42. The molecule has 0 saturated heterocycles. The first-order valence-corrected chi connectivity index (χ1v) is 11.9. The number of aliphatic hydroxyl groups is 1. The van der Waals surface area contributed by atoms with Gasteiger partial charge in [-0.1, -0.05) is 46.9 Å². The Labute approximate surface area is 228 Å². The number of nitrogens with one attached hydrogen (secondary N) is 2. The first kappa shape index (κ1) is 29.3. The summed E-state index contributed by atoms with van der Waals surface area (Å²) in [5, 5.41) is 19.1. The molecule has 2 atom stereocenters. The SMILES string of the molecule is NC(=O)NCC(NC(=O)Cn1nc(-c2ccc(Cl)cc2)n(C[C@H](O)C(F)(F)F)c1=O)c1cccc(Cl)c1Cl. The lowest BCUT2D eigenvalue weighted by Gasteiger charge is -2.21. The molecule has 2 aromatic carbocycles. The van der Waals surface area contributed by atoms with Crippen molar-refractivity contribution in [2.24, 2.45) is 5.73 Å². The second-order valence-corrected chi connectivity index (χ2v) is 9.17. The van der Waals surface area contributed by atoms with Crippen molar-refractivity contribution in [2.75, 3.05) is 6.54 Å². The van der Waals surface area contributed by atoms with E-state index in [0.29, 0.717) is 19.8 Å². The predicted molar refractivity (Wildman–Crippen MR) is 134 cm³/mol. The van der Waals surface area contributed by atoms with Gasteiger partial charge in [0.15, 0.2) is 11.9 Å². The number of hydrogen-bond donors (Lipinski definition) is 4. The summed E-state index contributed by atoms with van der Waals surface area (Å²) in [7, 11) is 0. The number of amides is 3. The van der Waals surface area contributed by atoms with Crippen molar-refractivity contribution in [3.8, 4) is 11.4 Å². The number of primary amides is 1. The van der Waals surface area contributed by atoms with Gasteiger partial charge in [0, 0.05) is 17.1 Å². The van der Waals surface area contributed by atoms with E-state index in [9.17, 15) is 32.7 Å². The Balaban J connectivity index is 1.93. The van der Waals surface area contributed by atoms with Gasteiger partial charge in [0.1, 0.15) is 6.54 Å². The summed E-state index contributed by atoms with van der Waals surface area (Å²) < 4.78 is 40.3. The van der Waals surface area contributed by atoms with Crippen LogP contribution in [0, 0.1) is 0 Å². The minimum atomic E-state index is -5.01. The van der Waals surface area contributed by atoms with Gasteiger partial charge in [0.25, 0.3) is 0 Å². The Kier molecular flexibility index (Phi) is 9.31. The van der Waals surface area contributed by atoms with Crippen molar-refractivity contribution in [3.05, 3.63) is 73.6 Å². The number of urea groups is 1. The molecule has 0 spiro atoms. The van der Waals surface area contributed by atoms with Gasteiger partial charge in [0.2, 0.25) is 5.91 Å². The zero-order valence-electron chi connectivity index (χ0n) is 19.2. The van der Waals surface area contributed by atoms with Crippen LogP contribution in [-0.2, 0) is 17.9 Å². The lowest BCUT2D eigenvalue weighted by Crippen LogP contribution is -2.42. The van der Waals surface area contributed by atoms with Crippen LogP contribution < -0.4 is 22.1 Å². The zero-order valence-corrected chi connectivity index (χ0v) is 21.4. The molecule has 0 saturated carbocycles. The van der Waals surface area contributed by atoms with Crippen LogP contribution >= 0.6 is 34.8 Å². The third-order valence-electron chi connectivity index (χ3n) is 5.22. The Hall–Kier alpha value is -3.26. The molecule has 0 bridgehead atoms. The number of carbonyl (C=O) groups is 2. The van der Waals surface area contributed by atoms with Crippen molar-refractivity contribution in [2.45, 2.75) is 31.4 Å². The van der Waals surface area contributed by atoms with Crippen LogP contribution in [0.25, 0.3) is 11.4 Å². The van der Waals surface area contributed by atoms with Crippen LogP contribution in [0.2, 0.25) is 15.1 Å². The number of halogens is 6. The number of benzene rings is 2. The Morgan fingerprint density at radius 2 is 1.76 bits per heavy atom. The average molecular weight is 596 g/mol. The quantitative estimate of drug-likeness (QED) is 0.301. The second kappa shape index (κ2) is 12.1. The molecule has 0 aliphatic heterocycles. The number of aliphatic hydroxyl groups excluding tert-OH is 1. The fraction of sp³-hybridized carbons (Fsp3) is 0.273. The highest BCUT2D eigenvalue weighted by Crippen LogP contribution is 2.30. The maximum Gasteiger partial charge on any atom is 0.416 e. The molecular weight excluding hydrogens is 576 g/mol. The lowest BCUT2D eigenvalue weighted by molar-refractivity contribution is -0.207. The smallest absolute Gasteiger partial charge is 0.382 e. The van der Waals surface area contributed by atoms with Crippen molar-refractivity contribution in [1.82, 2.24) is 25.0 Å². The molecule has 0 fully saturated rings. The lowest BCUT2D eigenvalue weighted by atomic mass is 10.1. The van der Waals surface area contributed by atoms with E-state index in [1.54, 1.807) is 12.1 Å². The van der Waals surface area contributed by atoms with Gasteiger partial charge < -0.3 is 21.5 Å². The van der Waals surface area contributed by atoms with E-state index in [-0.39, 0.29) is 28.0 Å². The highest BCUT2D eigenvalue weighted by Gasteiger charge is 2.39. The summed E-state index contributed by atoms with van der Waals surface area (Å²) in [6, 6.07) is 8.48. The van der Waals surface area contributed by atoms with Gasteiger partial charge in [-0.3, -0.25) is 9.36 Å². The summed E-state index contributed by atoms with van der Waals surface area (Å²) in [5.74, 6) is -1.03. The summed E-state index contributed by atoms with van der Waals surface area (Å²) in [4.78, 5) is 37.1. The number of alkyl halides is 3. The minimum Gasteiger partial charge on any atom is -0.382 e. The molecule has 204 valence electrons. The normalized spacial score (nSPS) is 13.1. The van der Waals surface area contributed by atoms with E-state index >= 15 is 0 Å². The number of aromatic nitrogens is 3. The molecule has 1 aromatic heterocycles. The molecule has 16 heteroatoms. The summed E-state index contributed by atoms with van der Waals surface area (Å²) in [5.41, 5.74) is 4.59. The maximum atomic E-state index is 13.0. The minimum absolute atomic E-state index is 0.0957. The molecule has 0 aliphatic rings. The Bertz CT molecular complexity index is 1380. The van der Waals surface area contributed by atoms with Crippen LogP contribution in [0.4, 0.5) is 18.0 Å². The van der Waals surface area contributed by atoms with Crippen LogP contribution in [0.5, 0.6) is 0 Å². The number of rotatable bonds is 9. The van der Waals surface area contributed by atoms with Gasteiger partial charge in [0.05, 0.1) is 22.6 Å². The maximum absolute atomic E-state index is 13.0. The van der Waals surface area contributed by atoms with Crippen molar-refractivity contribution in [3.63, 3.8) is 0 Å². The van der Waals surface area contributed by atoms with Crippen LogP contribution in [-0.4, -0.2) is 50.2 Å². The Morgan fingerprint density at radius 1 is 1.11 bits per heavy atom. The van der Waals surface area contributed by atoms with Gasteiger partial charge in [-0.25, -0.2) is 14.3 Å². The number of hydrogen-bond acceptors (Lipinski definition) is 5.